The van der Waals surface area contributed by atoms with Gasteiger partial charge in [0.1, 0.15) is 0 Å². The van der Waals surface area contributed by atoms with E-state index in [1.54, 1.807) is 6.07 Å². The maximum absolute atomic E-state index is 12.8. The van der Waals surface area contributed by atoms with Gasteiger partial charge in [-0.1, -0.05) is 12.1 Å². The zero-order valence-electron chi connectivity index (χ0n) is 13.0. The van der Waals surface area contributed by atoms with Crippen molar-refractivity contribution in [1.82, 2.24) is 10.9 Å². The lowest BCUT2D eigenvalue weighted by atomic mass is 9.49. The molecule has 4 aliphatic rings. The van der Waals surface area contributed by atoms with E-state index in [1.165, 1.54) is 19.3 Å². The number of nitrogens with one attached hydrogen (secondary N) is 2. The van der Waals surface area contributed by atoms with E-state index in [0.29, 0.717) is 5.56 Å². The molecule has 1 aromatic carbocycles. The summed E-state index contributed by atoms with van der Waals surface area (Å²) < 4.78 is 0.881. The van der Waals surface area contributed by atoms with Gasteiger partial charge in [-0.15, -0.1) is 0 Å². The van der Waals surface area contributed by atoms with Crippen LogP contribution in [0.4, 0.5) is 0 Å². The molecular weight excluding hydrogens is 403 g/mol. The Labute approximate surface area is 149 Å². The molecule has 2 N–H and O–H groups in total. The Balaban J connectivity index is 1.43. The molecule has 0 saturated heterocycles. The smallest absolute Gasteiger partial charge is 0.270 e. The number of hydrogen-bond donors (Lipinski definition) is 2. The number of carbonyl (C=O) groups excluding carboxylic acids is 2. The maximum atomic E-state index is 12.8. The van der Waals surface area contributed by atoms with Crippen LogP contribution in [0.15, 0.2) is 24.3 Å². The molecule has 0 spiro atoms. The summed E-state index contributed by atoms with van der Waals surface area (Å²) in [5.74, 6) is 1.94. The van der Waals surface area contributed by atoms with E-state index in [2.05, 4.69) is 33.4 Å². The first-order valence-electron chi connectivity index (χ1n) is 8.41. The number of hydrazine groups is 1. The van der Waals surface area contributed by atoms with Gasteiger partial charge in [-0.25, -0.2) is 0 Å². The van der Waals surface area contributed by atoms with Crippen molar-refractivity contribution in [3.63, 3.8) is 0 Å². The Morgan fingerprint density at radius 1 is 0.957 bits per heavy atom. The number of halogens is 1. The quantitative estimate of drug-likeness (QED) is 0.566. The second kappa shape index (κ2) is 5.76. The lowest BCUT2D eigenvalue weighted by Gasteiger charge is -2.55. The highest BCUT2D eigenvalue weighted by Crippen LogP contribution is 2.59. The molecule has 0 heterocycles. The van der Waals surface area contributed by atoms with Crippen molar-refractivity contribution in [2.24, 2.45) is 23.2 Å². The molecule has 0 aromatic heterocycles. The van der Waals surface area contributed by atoms with Crippen LogP contribution in [0.25, 0.3) is 0 Å². The minimum atomic E-state index is -0.243. The average molecular weight is 424 g/mol. The Morgan fingerprint density at radius 2 is 1.52 bits per heavy atom. The van der Waals surface area contributed by atoms with Gasteiger partial charge in [-0.3, -0.25) is 20.4 Å². The van der Waals surface area contributed by atoms with Gasteiger partial charge in [0.25, 0.3) is 5.91 Å². The fourth-order valence-corrected chi connectivity index (χ4v) is 5.98. The van der Waals surface area contributed by atoms with Crippen molar-refractivity contribution in [3.8, 4) is 0 Å². The maximum Gasteiger partial charge on any atom is 0.270 e. The van der Waals surface area contributed by atoms with Crippen LogP contribution >= 0.6 is 22.6 Å². The number of rotatable bonds is 2. The lowest BCUT2D eigenvalue weighted by Crippen LogP contribution is -2.56. The summed E-state index contributed by atoms with van der Waals surface area (Å²) in [6, 6.07) is 7.38. The summed E-state index contributed by atoms with van der Waals surface area (Å²) in [6.45, 7) is 0. The molecule has 23 heavy (non-hydrogen) atoms. The summed E-state index contributed by atoms with van der Waals surface area (Å²) in [4.78, 5) is 25.1. The van der Waals surface area contributed by atoms with Gasteiger partial charge < -0.3 is 0 Å². The summed E-state index contributed by atoms with van der Waals surface area (Å²) in [5, 5.41) is 0. The highest BCUT2D eigenvalue weighted by atomic mass is 127. The fraction of sp³-hybridized carbons (Fsp3) is 0.556. The zero-order chi connectivity index (χ0) is 16.0. The van der Waals surface area contributed by atoms with Gasteiger partial charge in [0.15, 0.2) is 0 Å². The minimum absolute atomic E-state index is 0.0240. The molecule has 0 aliphatic heterocycles. The molecule has 1 aromatic rings. The monoisotopic (exact) mass is 424 g/mol. The van der Waals surface area contributed by atoms with E-state index in [4.69, 9.17) is 0 Å². The van der Waals surface area contributed by atoms with Gasteiger partial charge in [0.05, 0.1) is 11.0 Å². The van der Waals surface area contributed by atoms with E-state index in [0.717, 1.165) is 40.6 Å². The van der Waals surface area contributed by atoms with Gasteiger partial charge >= 0.3 is 0 Å². The first kappa shape index (κ1) is 15.4. The third-order valence-corrected chi connectivity index (χ3v) is 6.87. The van der Waals surface area contributed by atoms with Crippen molar-refractivity contribution in [2.45, 2.75) is 38.5 Å². The molecule has 4 fully saturated rings. The number of benzene rings is 1. The summed E-state index contributed by atoms with van der Waals surface area (Å²) >= 11 is 2.13. The van der Waals surface area contributed by atoms with Gasteiger partial charge in [-0.05, 0) is 91.0 Å². The Bertz CT molecular complexity index is 623. The van der Waals surface area contributed by atoms with E-state index < -0.39 is 0 Å². The molecule has 0 radical (unpaired) electrons. The van der Waals surface area contributed by atoms with E-state index in [-0.39, 0.29) is 17.2 Å². The van der Waals surface area contributed by atoms with Gasteiger partial charge in [0, 0.05) is 3.57 Å². The molecule has 122 valence electrons. The predicted octanol–water partition coefficient (Wildman–Crippen LogP) is 3.27. The third kappa shape index (κ3) is 2.77. The predicted molar refractivity (Wildman–Crippen MR) is 95.4 cm³/mol. The SMILES string of the molecule is O=C(NNC(=O)C12CC3CC(CC(C3)C1)C2)c1ccccc1I. The van der Waals surface area contributed by atoms with Crippen LogP contribution in [0.2, 0.25) is 0 Å². The van der Waals surface area contributed by atoms with Crippen LogP contribution in [0, 0.1) is 26.7 Å². The molecule has 0 unspecified atom stereocenters. The highest BCUT2D eigenvalue weighted by molar-refractivity contribution is 14.1. The van der Waals surface area contributed by atoms with Crippen LogP contribution in [-0.2, 0) is 4.79 Å². The molecular formula is C18H21IN2O2. The van der Waals surface area contributed by atoms with Gasteiger partial charge in [0.2, 0.25) is 5.91 Å². The summed E-state index contributed by atoms with van der Waals surface area (Å²) in [7, 11) is 0. The molecule has 5 heteroatoms. The topological polar surface area (TPSA) is 58.2 Å². The first-order chi connectivity index (χ1) is 11.1. The second-order valence-corrected chi connectivity index (χ2v) is 8.75. The van der Waals surface area contributed by atoms with Crippen LogP contribution in [0.5, 0.6) is 0 Å². The first-order valence-corrected chi connectivity index (χ1v) is 9.49. The Hall–Kier alpha value is -1.11. The third-order valence-electron chi connectivity index (χ3n) is 5.93. The van der Waals surface area contributed by atoms with Crippen LogP contribution in [0.1, 0.15) is 48.9 Å². The minimum Gasteiger partial charge on any atom is -0.273 e. The van der Waals surface area contributed by atoms with Crippen molar-refractivity contribution in [2.75, 3.05) is 0 Å². The number of hydrogen-bond acceptors (Lipinski definition) is 2. The van der Waals surface area contributed by atoms with Crippen LogP contribution in [0.3, 0.4) is 0 Å². The van der Waals surface area contributed by atoms with Crippen molar-refractivity contribution >= 4 is 34.4 Å². The standard InChI is InChI=1S/C18H21IN2O2/c19-15-4-2-1-3-14(15)16(22)20-21-17(23)18-8-11-5-12(9-18)7-13(6-11)10-18/h1-4,11-13H,5-10H2,(H,20,22)(H,21,23). The van der Waals surface area contributed by atoms with Gasteiger partial charge in [-0.2, -0.15) is 0 Å². The Kier molecular flexibility index (Phi) is 3.86. The molecule has 5 rings (SSSR count). The largest absolute Gasteiger partial charge is 0.273 e. The molecule has 4 aliphatic carbocycles. The van der Waals surface area contributed by atoms with E-state index >= 15 is 0 Å². The molecule has 4 bridgehead atoms. The molecule has 4 saturated carbocycles. The van der Waals surface area contributed by atoms with Crippen LogP contribution in [-0.4, -0.2) is 11.8 Å². The molecule has 4 nitrogen and oxygen atoms in total. The fourth-order valence-electron chi connectivity index (χ4n) is 5.35. The summed E-state index contributed by atoms with van der Waals surface area (Å²) in [6.07, 6.45) is 6.93. The molecule has 0 atom stereocenters. The molecule has 2 amide bonds. The number of carbonyl (C=O) groups is 2. The Morgan fingerprint density at radius 3 is 2.09 bits per heavy atom. The highest BCUT2D eigenvalue weighted by Gasteiger charge is 2.54. The number of amides is 2. The van der Waals surface area contributed by atoms with Crippen molar-refractivity contribution in [3.05, 3.63) is 33.4 Å². The summed E-state index contributed by atoms with van der Waals surface area (Å²) in [5.41, 5.74) is 5.71. The second-order valence-electron chi connectivity index (χ2n) is 7.59. The van der Waals surface area contributed by atoms with Crippen LogP contribution < -0.4 is 10.9 Å². The van der Waals surface area contributed by atoms with E-state index in [1.807, 2.05) is 18.2 Å². The zero-order valence-corrected chi connectivity index (χ0v) is 15.1. The van der Waals surface area contributed by atoms with Crippen molar-refractivity contribution in [1.29, 1.82) is 0 Å². The van der Waals surface area contributed by atoms with E-state index in [9.17, 15) is 9.59 Å². The normalized spacial score (nSPS) is 34.2. The lowest BCUT2D eigenvalue weighted by molar-refractivity contribution is -0.147. The average Bonchev–Trinajstić information content (AvgIpc) is 2.51. The van der Waals surface area contributed by atoms with Crippen molar-refractivity contribution < 1.29 is 9.59 Å².